The van der Waals surface area contributed by atoms with Crippen molar-refractivity contribution in [3.05, 3.63) is 33.7 Å². The van der Waals surface area contributed by atoms with Gasteiger partial charge in [-0.25, -0.2) is 4.79 Å². The van der Waals surface area contributed by atoms with Crippen molar-refractivity contribution < 1.29 is 0 Å². The fraction of sp³-hybridized carbons (Fsp3) is 0.562. The lowest BCUT2D eigenvalue weighted by molar-refractivity contribution is 0.142. The Labute approximate surface area is 129 Å². The van der Waals surface area contributed by atoms with Gasteiger partial charge in [0.1, 0.15) is 0 Å². The number of nitrogens with zero attached hydrogens (tertiary/aromatic N) is 2. The van der Waals surface area contributed by atoms with Gasteiger partial charge in [-0.3, -0.25) is 4.57 Å². The highest BCUT2D eigenvalue weighted by Gasteiger charge is 2.22. The SMILES string of the molecule is CC(C)N1CCC(Cn2c(=O)[nH]c3cc(Cl)ccc32)CC1. The molecule has 0 amide bonds. The zero-order valence-electron chi connectivity index (χ0n) is 12.6. The Morgan fingerprint density at radius 2 is 2.05 bits per heavy atom. The maximum absolute atomic E-state index is 12.2. The number of aromatic amines is 1. The molecule has 0 spiro atoms. The van der Waals surface area contributed by atoms with Crippen LogP contribution in [0, 0.1) is 5.92 Å². The van der Waals surface area contributed by atoms with E-state index in [0.29, 0.717) is 17.0 Å². The number of nitrogens with one attached hydrogen (secondary N) is 1. The standard InChI is InChI=1S/C16H22ClN3O/c1-11(2)19-7-5-12(6-8-19)10-20-15-4-3-13(17)9-14(15)18-16(20)21/h3-4,9,11-12H,5-8,10H2,1-2H3,(H,18,21). The summed E-state index contributed by atoms with van der Waals surface area (Å²) in [5, 5.41) is 0.654. The number of fused-ring (bicyclic) bond motifs is 1. The topological polar surface area (TPSA) is 41.0 Å². The van der Waals surface area contributed by atoms with Crippen molar-refractivity contribution in [3.8, 4) is 0 Å². The van der Waals surface area contributed by atoms with E-state index < -0.39 is 0 Å². The van der Waals surface area contributed by atoms with Gasteiger partial charge in [-0.05, 0) is 63.9 Å². The first-order chi connectivity index (χ1) is 10.0. The Morgan fingerprint density at radius 1 is 1.33 bits per heavy atom. The number of benzene rings is 1. The van der Waals surface area contributed by atoms with Gasteiger partial charge in [0.25, 0.3) is 0 Å². The lowest BCUT2D eigenvalue weighted by atomic mass is 9.96. The molecule has 3 rings (SSSR count). The van der Waals surface area contributed by atoms with Gasteiger partial charge in [0.2, 0.25) is 0 Å². The number of hydrogen-bond donors (Lipinski definition) is 1. The fourth-order valence-electron chi connectivity index (χ4n) is 3.23. The van der Waals surface area contributed by atoms with Crippen molar-refractivity contribution in [2.45, 2.75) is 39.3 Å². The minimum atomic E-state index is -0.0291. The van der Waals surface area contributed by atoms with Gasteiger partial charge in [0.05, 0.1) is 11.0 Å². The molecule has 0 bridgehead atoms. The second-order valence-electron chi connectivity index (χ2n) is 6.28. The summed E-state index contributed by atoms with van der Waals surface area (Å²) >= 11 is 5.98. The van der Waals surface area contributed by atoms with Gasteiger partial charge in [-0.2, -0.15) is 0 Å². The van der Waals surface area contributed by atoms with Gasteiger partial charge in [-0.1, -0.05) is 11.6 Å². The fourth-order valence-corrected chi connectivity index (χ4v) is 3.40. The molecule has 1 saturated heterocycles. The van der Waals surface area contributed by atoms with Crippen molar-refractivity contribution in [2.75, 3.05) is 13.1 Å². The minimum Gasteiger partial charge on any atom is -0.305 e. The van der Waals surface area contributed by atoms with Crippen LogP contribution in [0.3, 0.4) is 0 Å². The van der Waals surface area contributed by atoms with Crippen LogP contribution in [0.15, 0.2) is 23.0 Å². The summed E-state index contributed by atoms with van der Waals surface area (Å²) < 4.78 is 1.86. The van der Waals surface area contributed by atoms with E-state index >= 15 is 0 Å². The molecule has 2 heterocycles. The number of aromatic nitrogens is 2. The molecule has 1 aromatic carbocycles. The van der Waals surface area contributed by atoms with E-state index in [-0.39, 0.29) is 5.69 Å². The summed E-state index contributed by atoms with van der Waals surface area (Å²) in [6.07, 6.45) is 2.32. The highest BCUT2D eigenvalue weighted by Crippen LogP contribution is 2.22. The molecule has 0 atom stereocenters. The third-order valence-corrected chi connectivity index (χ3v) is 4.79. The highest BCUT2D eigenvalue weighted by atomic mass is 35.5. The average molecular weight is 308 g/mol. The van der Waals surface area contributed by atoms with Crippen LogP contribution in [0.25, 0.3) is 11.0 Å². The Bertz CT molecular complexity index is 680. The highest BCUT2D eigenvalue weighted by molar-refractivity contribution is 6.31. The molecule has 0 unspecified atom stereocenters. The molecule has 5 heteroatoms. The summed E-state index contributed by atoms with van der Waals surface area (Å²) in [4.78, 5) is 17.6. The van der Waals surface area contributed by atoms with E-state index in [1.165, 1.54) is 0 Å². The lowest BCUT2D eigenvalue weighted by Gasteiger charge is -2.34. The lowest BCUT2D eigenvalue weighted by Crippen LogP contribution is -2.39. The van der Waals surface area contributed by atoms with Crippen molar-refractivity contribution >= 4 is 22.6 Å². The van der Waals surface area contributed by atoms with E-state index in [9.17, 15) is 4.79 Å². The predicted molar refractivity (Wildman–Crippen MR) is 87.0 cm³/mol. The largest absolute Gasteiger partial charge is 0.326 e. The Morgan fingerprint density at radius 3 is 2.71 bits per heavy atom. The molecule has 21 heavy (non-hydrogen) atoms. The van der Waals surface area contributed by atoms with Gasteiger partial charge < -0.3 is 9.88 Å². The number of imidazole rings is 1. The first-order valence-corrected chi connectivity index (χ1v) is 8.04. The van der Waals surface area contributed by atoms with Crippen LogP contribution in [0.5, 0.6) is 0 Å². The average Bonchev–Trinajstić information content (AvgIpc) is 2.75. The molecule has 1 aromatic heterocycles. The van der Waals surface area contributed by atoms with Crippen molar-refractivity contribution in [1.82, 2.24) is 14.5 Å². The van der Waals surface area contributed by atoms with Gasteiger partial charge in [0.15, 0.2) is 0 Å². The number of halogens is 1. The Hall–Kier alpha value is -1.26. The monoisotopic (exact) mass is 307 g/mol. The van der Waals surface area contributed by atoms with Crippen molar-refractivity contribution in [3.63, 3.8) is 0 Å². The summed E-state index contributed by atoms with van der Waals surface area (Å²) in [6.45, 7) is 7.55. The second-order valence-corrected chi connectivity index (χ2v) is 6.71. The van der Waals surface area contributed by atoms with Crippen LogP contribution in [0.2, 0.25) is 5.02 Å². The Balaban J connectivity index is 1.77. The predicted octanol–water partition coefficient (Wildman–Crippen LogP) is 3.10. The van der Waals surface area contributed by atoms with Crippen LogP contribution in [-0.2, 0) is 6.54 Å². The molecule has 114 valence electrons. The van der Waals surface area contributed by atoms with Crippen molar-refractivity contribution in [1.29, 1.82) is 0 Å². The zero-order valence-corrected chi connectivity index (χ0v) is 13.4. The summed E-state index contributed by atoms with van der Waals surface area (Å²) in [5.74, 6) is 0.576. The van der Waals surface area contributed by atoms with E-state index in [1.807, 2.05) is 22.8 Å². The van der Waals surface area contributed by atoms with Gasteiger partial charge in [0, 0.05) is 17.6 Å². The molecule has 0 saturated carbocycles. The number of likely N-dealkylation sites (tertiary alicyclic amines) is 1. The number of rotatable bonds is 3. The number of H-pyrrole nitrogens is 1. The molecule has 0 radical (unpaired) electrons. The normalized spacial score (nSPS) is 17.9. The molecule has 1 aliphatic heterocycles. The first-order valence-electron chi connectivity index (χ1n) is 7.66. The second kappa shape index (κ2) is 5.85. The van der Waals surface area contributed by atoms with Crippen LogP contribution in [0.4, 0.5) is 0 Å². The Kier molecular flexibility index (Phi) is 4.09. The van der Waals surface area contributed by atoms with Crippen LogP contribution < -0.4 is 5.69 Å². The molecule has 1 aliphatic rings. The maximum atomic E-state index is 12.2. The molecule has 1 N–H and O–H groups in total. The number of hydrogen-bond acceptors (Lipinski definition) is 2. The van der Waals surface area contributed by atoms with E-state index in [1.54, 1.807) is 0 Å². The van der Waals surface area contributed by atoms with E-state index in [2.05, 4.69) is 23.7 Å². The quantitative estimate of drug-likeness (QED) is 0.946. The minimum absolute atomic E-state index is 0.0291. The molecule has 1 fully saturated rings. The smallest absolute Gasteiger partial charge is 0.305 e. The number of piperidine rings is 1. The van der Waals surface area contributed by atoms with Gasteiger partial charge >= 0.3 is 5.69 Å². The zero-order chi connectivity index (χ0) is 15.0. The molecule has 2 aromatic rings. The van der Waals surface area contributed by atoms with Crippen LogP contribution in [0.1, 0.15) is 26.7 Å². The third-order valence-electron chi connectivity index (χ3n) is 4.56. The van der Waals surface area contributed by atoms with Gasteiger partial charge in [-0.15, -0.1) is 0 Å². The molecular weight excluding hydrogens is 286 g/mol. The summed E-state index contributed by atoms with van der Waals surface area (Å²) in [6, 6.07) is 6.20. The van der Waals surface area contributed by atoms with E-state index in [0.717, 1.165) is 43.5 Å². The van der Waals surface area contributed by atoms with Crippen LogP contribution >= 0.6 is 11.6 Å². The molecule has 4 nitrogen and oxygen atoms in total. The summed E-state index contributed by atoms with van der Waals surface area (Å²) in [5.41, 5.74) is 1.75. The third kappa shape index (κ3) is 3.01. The molecular formula is C16H22ClN3O. The summed E-state index contributed by atoms with van der Waals surface area (Å²) in [7, 11) is 0. The molecule has 0 aliphatic carbocycles. The first kappa shape index (κ1) is 14.7. The van der Waals surface area contributed by atoms with Crippen LogP contribution in [-0.4, -0.2) is 33.6 Å². The van der Waals surface area contributed by atoms with Crippen molar-refractivity contribution in [2.24, 2.45) is 5.92 Å². The van der Waals surface area contributed by atoms with E-state index in [4.69, 9.17) is 11.6 Å². The maximum Gasteiger partial charge on any atom is 0.326 e.